The van der Waals surface area contributed by atoms with Crippen LogP contribution >= 0.6 is 11.3 Å². The molecular formula is C13H22N2S. The van der Waals surface area contributed by atoms with Crippen molar-refractivity contribution in [2.75, 3.05) is 13.1 Å². The minimum Gasteiger partial charge on any atom is -0.322 e. The van der Waals surface area contributed by atoms with Crippen molar-refractivity contribution in [3.63, 3.8) is 0 Å². The lowest BCUT2D eigenvalue weighted by molar-refractivity contribution is 0.196. The van der Waals surface area contributed by atoms with E-state index in [0.717, 1.165) is 18.5 Å². The van der Waals surface area contributed by atoms with Gasteiger partial charge in [-0.05, 0) is 36.8 Å². The molecule has 3 heteroatoms. The normalized spacial score (nSPS) is 24.1. The van der Waals surface area contributed by atoms with Gasteiger partial charge in [0, 0.05) is 17.5 Å². The largest absolute Gasteiger partial charge is 0.322 e. The summed E-state index contributed by atoms with van der Waals surface area (Å²) in [5, 5.41) is 2.11. The molecule has 0 aromatic carbocycles. The summed E-state index contributed by atoms with van der Waals surface area (Å²) in [5.41, 5.74) is 6.25. The second-order valence-corrected chi connectivity index (χ2v) is 6.05. The van der Waals surface area contributed by atoms with Gasteiger partial charge in [-0.1, -0.05) is 19.9 Å². The molecule has 2 nitrogen and oxygen atoms in total. The van der Waals surface area contributed by atoms with E-state index in [1.807, 2.05) is 0 Å². The van der Waals surface area contributed by atoms with Crippen LogP contribution in [0, 0.1) is 5.92 Å². The van der Waals surface area contributed by atoms with E-state index in [2.05, 4.69) is 36.3 Å². The van der Waals surface area contributed by atoms with Crippen LogP contribution in [0.25, 0.3) is 0 Å². The highest BCUT2D eigenvalue weighted by Gasteiger charge is 2.28. The quantitative estimate of drug-likeness (QED) is 0.874. The second kappa shape index (κ2) is 5.30. The van der Waals surface area contributed by atoms with Crippen LogP contribution in [0.5, 0.6) is 0 Å². The zero-order chi connectivity index (χ0) is 11.5. The van der Waals surface area contributed by atoms with E-state index in [9.17, 15) is 0 Å². The minimum absolute atomic E-state index is 0.194. The van der Waals surface area contributed by atoms with Crippen LogP contribution in [0.2, 0.25) is 0 Å². The van der Waals surface area contributed by atoms with E-state index < -0.39 is 0 Å². The molecule has 1 aromatic rings. The standard InChI is InChI=1S/C13H22N2S/c1-10(2)12-5-3-7-15(12)9-11(14)13-6-4-8-16-13/h4,6,8,10-12H,3,5,7,9,14H2,1-2H3. The lowest BCUT2D eigenvalue weighted by atomic mass is 10.0. The summed E-state index contributed by atoms with van der Waals surface area (Å²) in [6.45, 7) is 6.88. The molecule has 1 aliphatic rings. The summed E-state index contributed by atoms with van der Waals surface area (Å²) in [5.74, 6) is 0.748. The van der Waals surface area contributed by atoms with Crippen LogP contribution < -0.4 is 5.73 Å². The van der Waals surface area contributed by atoms with Crippen molar-refractivity contribution in [3.8, 4) is 0 Å². The molecule has 2 rings (SSSR count). The van der Waals surface area contributed by atoms with Gasteiger partial charge < -0.3 is 5.73 Å². The summed E-state index contributed by atoms with van der Waals surface area (Å²) in [6, 6.07) is 5.17. The monoisotopic (exact) mass is 238 g/mol. The van der Waals surface area contributed by atoms with E-state index in [1.54, 1.807) is 11.3 Å². The van der Waals surface area contributed by atoms with E-state index in [-0.39, 0.29) is 6.04 Å². The molecule has 2 N–H and O–H groups in total. The molecule has 90 valence electrons. The molecule has 1 aromatic heterocycles. The molecule has 2 atom stereocenters. The summed E-state index contributed by atoms with van der Waals surface area (Å²) < 4.78 is 0. The van der Waals surface area contributed by atoms with Crippen molar-refractivity contribution in [1.29, 1.82) is 0 Å². The van der Waals surface area contributed by atoms with Gasteiger partial charge in [0.1, 0.15) is 0 Å². The van der Waals surface area contributed by atoms with Crippen molar-refractivity contribution in [3.05, 3.63) is 22.4 Å². The van der Waals surface area contributed by atoms with Crippen LogP contribution in [-0.4, -0.2) is 24.0 Å². The van der Waals surface area contributed by atoms with Crippen LogP contribution in [0.3, 0.4) is 0 Å². The summed E-state index contributed by atoms with van der Waals surface area (Å²) >= 11 is 1.77. The maximum Gasteiger partial charge on any atom is 0.0519 e. The maximum atomic E-state index is 6.25. The summed E-state index contributed by atoms with van der Waals surface area (Å²) in [4.78, 5) is 3.89. The topological polar surface area (TPSA) is 29.3 Å². The number of hydrogen-bond donors (Lipinski definition) is 1. The first-order valence-corrected chi connectivity index (χ1v) is 7.09. The van der Waals surface area contributed by atoms with Gasteiger partial charge in [0.2, 0.25) is 0 Å². The average molecular weight is 238 g/mol. The number of likely N-dealkylation sites (tertiary alicyclic amines) is 1. The van der Waals surface area contributed by atoms with Gasteiger partial charge in [0.15, 0.2) is 0 Å². The molecule has 0 radical (unpaired) electrons. The molecule has 2 heterocycles. The fraction of sp³-hybridized carbons (Fsp3) is 0.692. The molecule has 1 saturated heterocycles. The molecule has 0 spiro atoms. The van der Waals surface area contributed by atoms with Gasteiger partial charge in [0.25, 0.3) is 0 Å². The van der Waals surface area contributed by atoms with Crippen molar-refractivity contribution in [2.24, 2.45) is 11.7 Å². The van der Waals surface area contributed by atoms with Crippen molar-refractivity contribution in [1.82, 2.24) is 4.90 Å². The van der Waals surface area contributed by atoms with Gasteiger partial charge in [-0.15, -0.1) is 11.3 Å². The van der Waals surface area contributed by atoms with Crippen LogP contribution in [-0.2, 0) is 0 Å². The molecule has 0 aliphatic carbocycles. The highest BCUT2D eigenvalue weighted by atomic mass is 32.1. The number of nitrogens with two attached hydrogens (primary N) is 1. The van der Waals surface area contributed by atoms with Gasteiger partial charge in [-0.25, -0.2) is 0 Å². The number of rotatable bonds is 4. The van der Waals surface area contributed by atoms with Crippen molar-refractivity contribution < 1.29 is 0 Å². The Balaban J connectivity index is 1.94. The second-order valence-electron chi connectivity index (χ2n) is 5.07. The molecule has 2 unspecified atom stereocenters. The van der Waals surface area contributed by atoms with Gasteiger partial charge in [-0.3, -0.25) is 4.90 Å². The van der Waals surface area contributed by atoms with Gasteiger partial charge >= 0.3 is 0 Å². The SMILES string of the molecule is CC(C)C1CCCN1CC(N)c1cccs1. The first-order chi connectivity index (χ1) is 7.68. The van der Waals surface area contributed by atoms with E-state index in [4.69, 9.17) is 5.73 Å². The lowest BCUT2D eigenvalue weighted by Gasteiger charge is -2.29. The Hall–Kier alpha value is -0.380. The van der Waals surface area contributed by atoms with E-state index >= 15 is 0 Å². The highest BCUT2D eigenvalue weighted by molar-refractivity contribution is 7.10. The zero-order valence-electron chi connectivity index (χ0n) is 10.2. The third-order valence-corrected chi connectivity index (χ3v) is 4.53. The molecule has 16 heavy (non-hydrogen) atoms. The first-order valence-electron chi connectivity index (χ1n) is 6.21. The smallest absolute Gasteiger partial charge is 0.0519 e. The Labute approximate surface area is 102 Å². The molecule has 1 fully saturated rings. The lowest BCUT2D eigenvalue weighted by Crippen LogP contribution is -2.38. The molecule has 0 saturated carbocycles. The Kier molecular flexibility index (Phi) is 4.00. The summed E-state index contributed by atoms with van der Waals surface area (Å²) in [7, 11) is 0. The third-order valence-electron chi connectivity index (χ3n) is 3.52. The third kappa shape index (κ3) is 2.65. The molecule has 0 bridgehead atoms. The molecule has 0 amide bonds. The Morgan fingerprint density at radius 3 is 3.00 bits per heavy atom. The van der Waals surface area contributed by atoms with E-state index in [0.29, 0.717) is 0 Å². The Bertz CT molecular complexity index is 308. The van der Waals surface area contributed by atoms with Gasteiger partial charge in [-0.2, -0.15) is 0 Å². The zero-order valence-corrected chi connectivity index (χ0v) is 11.0. The minimum atomic E-state index is 0.194. The van der Waals surface area contributed by atoms with Crippen LogP contribution in [0.1, 0.15) is 37.6 Å². The molecular weight excluding hydrogens is 216 g/mol. The fourth-order valence-corrected chi connectivity index (χ4v) is 3.40. The van der Waals surface area contributed by atoms with Crippen LogP contribution in [0.4, 0.5) is 0 Å². The number of hydrogen-bond acceptors (Lipinski definition) is 3. The number of nitrogens with zero attached hydrogens (tertiary/aromatic N) is 1. The van der Waals surface area contributed by atoms with Crippen molar-refractivity contribution in [2.45, 2.75) is 38.8 Å². The van der Waals surface area contributed by atoms with Crippen molar-refractivity contribution >= 4 is 11.3 Å². The van der Waals surface area contributed by atoms with E-state index in [1.165, 1.54) is 24.3 Å². The number of thiophene rings is 1. The van der Waals surface area contributed by atoms with Crippen LogP contribution in [0.15, 0.2) is 17.5 Å². The Morgan fingerprint density at radius 2 is 2.38 bits per heavy atom. The molecule has 1 aliphatic heterocycles. The maximum absolute atomic E-state index is 6.25. The van der Waals surface area contributed by atoms with Gasteiger partial charge in [0.05, 0.1) is 6.04 Å². The highest BCUT2D eigenvalue weighted by Crippen LogP contribution is 2.26. The first kappa shape index (κ1) is 12.1. The fourth-order valence-electron chi connectivity index (χ4n) is 2.68. The Morgan fingerprint density at radius 1 is 1.56 bits per heavy atom. The average Bonchev–Trinajstić information content (AvgIpc) is 2.86. The predicted molar refractivity (Wildman–Crippen MR) is 70.7 cm³/mol. The summed E-state index contributed by atoms with van der Waals surface area (Å²) in [6.07, 6.45) is 2.68. The predicted octanol–water partition coefficient (Wildman–Crippen LogP) is 2.87.